The summed E-state index contributed by atoms with van der Waals surface area (Å²) in [5, 5.41) is 6.95. The summed E-state index contributed by atoms with van der Waals surface area (Å²) in [6.07, 6.45) is 1.51. The highest BCUT2D eigenvalue weighted by atomic mass is 32.2. The van der Waals surface area contributed by atoms with E-state index in [9.17, 15) is 13.2 Å². The van der Waals surface area contributed by atoms with Gasteiger partial charge in [0.2, 0.25) is 0 Å². The van der Waals surface area contributed by atoms with Crippen LogP contribution in [0.4, 0.5) is 0 Å². The van der Waals surface area contributed by atoms with Crippen molar-refractivity contribution in [2.75, 3.05) is 38.8 Å². The van der Waals surface area contributed by atoms with Crippen molar-refractivity contribution in [2.24, 2.45) is 0 Å². The Balaban J connectivity index is 1.67. The van der Waals surface area contributed by atoms with Crippen molar-refractivity contribution in [1.82, 2.24) is 20.0 Å². The second kappa shape index (κ2) is 6.65. The zero-order chi connectivity index (χ0) is 19.2. The molecule has 1 aromatic heterocycles. The lowest BCUT2D eigenvalue weighted by molar-refractivity contribution is 0.0410. The molecule has 0 radical (unpaired) electrons. The number of carbonyl (C=O) groups excluding carboxylic acids is 1. The first kappa shape index (κ1) is 18.0. The summed E-state index contributed by atoms with van der Waals surface area (Å²) >= 11 is 0. The van der Waals surface area contributed by atoms with Gasteiger partial charge in [0.1, 0.15) is 5.75 Å². The monoisotopic (exact) mass is 390 g/mol. The summed E-state index contributed by atoms with van der Waals surface area (Å²) in [4.78, 5) is 17.0. The molecule has 2 atom stereocenters. The highest BCUT2D eigenvalue weighted by Crippen LogP contribution is 2.30. The molecule has 0 bridgehead atoms. The fourth-order valence-electron chi connectivity index (χ4n) is 3.98. The first-order valence-electron chi connectivity index (χ1n) is 8.79. The van der Waals surface area contributed by atoms with E-state index in [2.05, 4.69) is 10.2 Å². The smallest absolute Gasteiger partial charge is 0.258 e. The first-order valence-corrected chi connectivity index (χ1v) is 10.6. The predicted molar refractivity (Wildman–Crippen MR) is 100 cm³/mol. The number of fused-ring (bicyclic) bond motifs is 1. The number of aromatic nitrogens is 2. The average Bonchev–Trinajstić information content (AvgIpc) is 3.26. The van der Waals surface area contributed by atoms with E-state index in [1.165, 1.54) is 6.20 Å². The van der Waals surface area contributed by atoms with E-state index in [-0.39, 0.29) is 29.5 Å². The van der Waals surface area contributed by atoms with Gasteiger partial charge in [0.15, 0.2) is 9.84 Å². The van der Waals surface area contributed by atoms with E-state index in [1.807, 2.05) is 36.2 Å². The molecule has 1 N–H and O–H groups in total. The molecule has 27 heavy (non-hydrogen) atoms. The van der Waals surface area contributed by atoms with Crippen LogP contribution in [-0.4, -0.2) is 85.2 Å². The molecular weight excluding hydrogens is 368 g/mol. The molecule has 2 unspecified atom stereocenters. The van der Waals surface area contributed by atoms with Gasteiger partial charge in [-0.15, -0.1) is 0 Å². The maximum atomic E-state index is 13.3. The largest absolute Gasteiger partial charge is 0.497 e. The second-order valence-corrected chi connectivity index (χ2v) is 9.24. The van der Waals surface area contributed by atoms with E-state index in [1.54, 1.807) is 12.0 Å². The molecule has 0 saturated carbocycles. The number of piperazine rings is 1. The van der Waals surface area contributed by atoms with E-state index in [0.29, 0.717) is 30.1 Å². The van der Waals surface area contributed by atoms with Crippen LogP contribution in [0.1, 0.15) is 10.4 Å². The molecule has 2 fully saturated rings. The highest BCUT2D eigenvalue weighted by molar-refractivity contribution is 7.91. The molecule has 2 saturated heterocycles. The number of amides is 1. The normalized spacial score (nSPS) is 24.6. The summed E-state index contributed by atoms with van der Waals surface area (Å²) in [6.45, 7) is 1.14. The summed E-state index contributed by atoms with van der Waals surface area (Å²) in [5.41, 5.74) is 1.84. The van der Waals surface area contributed by atoms with Gasteiger partial charge in [0, 0.05) is 24.7 Å². The number of ether oxygens (including phenoxy) is 1. The number of hydrogen-bond acceptors (Lipinski definition) is 6. The minimum absolute atomic E-state index is 0.0140. The fraction of sp³-hybridized carbons (Fsp3) is 0.444. The third-order valence-electron chi connectivity index (χ3n) is 5.44. The number of nitrogens with zero attached hydrogens (tertiary/aromatic N) is 3. The van der Waals surface area contributed by atoms with Gasteiger partial charge in [0.05, 0.1) is 42.1 Å². The van der Waals surface area contributed by atoms with Gasteiger partial charge < -0.3 is 9.64 Å². The summed E-state index contributed by atoms with van der Waals surface area (Å²) < 4.78 is 29.6. The van der Waals surface area contributed by atoms with Gasteiger partial charge in [0.25, 0.3) is 5.91 Å². The highest BCUT2D eigenvalue weighted by Gasteiger charge is 2.47. The summed E-state index contributed by atoms with van der Waals surface area (Å²) in [7, 11) is 0.359. The Labute approximate surface area is 158 Å². The van der Waals surface area contributed by atoms with Crippen LogP contribution in [0.15, 0.2) is 30.5 Å². The van der Waals surface area contributed by atoms with Gasteiger partial charge in [-0.05, 0) is 19.2 Å². The maximum Gasteiger partial charge on any atom is 0.258 e. The predicted octanol–water partition coefficient (Wildman–Crippen LogP) is 0.639. The third kappa shape index (κ3) is 3.21. The number of methoxy groups -OCH3 is 1. The molecule has 8 nitrogen and oxygen atoms in total. The van der Waals surface area contributed by atoms with Crippen molar-refractivity contribution in [3.8, 4) is 17.0 Å². The summed E-state index contributed by atoms with van der Waals surface area (Å²) in [5.74, 6) is 0.607. The molecule has 9 heteroatoms. The van der Waals surface area contributed by atoms with Gasteiger partial charge in [-0.25, -0.2) is 8.42 Å². The molecule has 2 aliphatic heterocycles. The van der Waals surface area contributed by atoms with Crippen molar-refractivity contribution in [2.45, 2.75) is 12.1 Å². The van der Waals surface area contributed by atoms with Gasteiger partial charge in [-0.3, -0.25) is 14.8 Å². The van der Waals surface area contributed by atoms with Crippen LogP contribution < -0.4 is 4.74 Å². The van der Waals surface area contributed by atoms with Crippen molar-refractivity contribution in [1.29, 1.82) is 0 Å². The van der Waals surface area contributed by atoms with Crippen molar-refractivity contribution >= 4 is 15.7 Å². The minimum Gasteiger partial charge on any atom is -0.497 e. The number of aromatic amines is 1. The van der Waals surface area contributed by atoms with Crippen molar-refractivity contribution in [3.63, 3.8) is 0 Å². The van der Waals surface area contributed by atoms with Crippen LogP contribution in [0.3, 0.4) is 0 Å². The van der Waals surface area contributed by atoms with Crippen LogP contribution in [0.5, 0.6) is 5.75 Å². The Morgan fingerprint density at radius 1 is 1.26 bits per heavy atom. The van der Waals surface area contributed by atoms with Gasteiger partial charge in [-0.2, -0.15) is 5.10 Å². The van der Waals surface area contributed by atoms with Crippen LogP contribution in [0.25, 0.3) is 11.3 Å². The first-order chi connectivity index (χ1) is 12.9. The summed E-state index contributed by atoms with van der Waals surface area (Å²) in [6, 6.07) is 6.90. The van der Waals surface area contributed by atoms with Crippen LogP contribution in [0.2, 0.25) is 0 Å². The molecule has 1 aromatic carbocycles. The van der Waals surface area contributed by atoms with Crippen LogP contribution in [0, 0.1) is 0 Å². The zero-order valence-corrected chi connectivity index (χ0v) is 16.1. The Hall–Kier alpha value is -2.39. The van der Waals surface area contributed by atoms with Crippen LogP contribution in [-0.2, 0) is 9.84 Å². The van der Waals surface area contributed by atoms with E-state index < -0.39 is 9.84 Å². The molecule has 2 aliphatic rings. The zero-order valence-electron chi connectivity index (χ0n) is 15.3. The van der Waals surface area contributed by atoms with Crippen molar-refractivity contribution < 1.29 is 17.9 Å². The number of sulfone groups is 1. The number of rotatable bonds is 3. The minimum atomic E-state index is -3.14. The van der Waals surface area contributed by atoms with Gasteiger partial charge in [-0.1, -0.05) is 12.1 Å². The SMILES string of the molecule is COc1cccc(-c2[nH]ncc2C(=O)N2CCN(C)C3CS(=O)(=O)CC32)c1. The lowest BCUT2D eigenvalue weighted by Gasteiger charge is -2.42. The van der Waals surface area contributed by atoms with E-state index in [0.717, 1.165) is 5.56 Å². The number of carbonyl (C=O) groups is 1. The van der Waals surface area contributed by atoms with E-state index >= 15 is 0 Å². The Morgan fingerprint density at radius 3 is 2.81 bits per heavy atom. The Morgan fingerprint density at radius 2 is 2.04 bits per heavy atom. The molecule has 1 amide bonds. The average molecular weight is 390 g/mol. The van der Waals surface area contributed by atoms with Crippen LogP contribution >= 0.6 is 0 Å². The van der Waals surface area contributed by atoms with Crippen molar-refractivity contribution in [3.05, 3.63) is 36.0 Å². The quantitative estimate of drug-likeness (QED) is 0.826. The molecule has 3 heterocycles. The standard InChI is InChI=1S/C18H22N4O4S/c1-21-6-7-22(16-11-27(24,25)10-15(16)21)18(23)14-9-19-20-17(14)12-4-3-5-13(8-12)26-2/h3-5,8-9,15-16H,6-7,10-11H2,1-2H3,(H,19,20). The molecular formula is C18H22N4O4S. The number of likely N-dealkylation sites (N-methyl/N-ethyl adjacent to an activating group) is 1. The second-order valence-electron chi connectivity index (χ2n) is 7.08. The molecule has 4 rings (SSSR count). The maximum absolute atomic E-state index is 13.3. The molecule has 144 valence electrons. The molecule has 0 aliphatic carbocycles. The number of H-pyrrole nitrogens is 1. The topological polar surface area (TPSA) is 95.6 Å². The fourth-order valence-corrected chi connectivity index (χ4v) is 6.04. The third-order valence-corrected chi connectivity index (χ3v) is 7.14. The Bertz CT molecular complexity index is 971. The van der Waals surface area contributed by atoms with Gasteiger partial charge >= 0.3 is 0 Å². The molecule has 2 aromatic rings. The molecule has 0 spiro atoms. The number of nitrogens with one attached hydrogen (secondary N) is 1. The van der Waals surface area contributed by atoms with E-state index in [4.69, 9.17) is 4.74 Å². The number of hydrogen-bond donors (Lipinski definition) is 1. The lowest BCUT2D eigenvalue weighted by atomic mass is 10.0. The number of benzene rings is 1. The Kier molecular flexibility index (Phi) is 4.43. The lowest BCUT2D eigenvalue weighted by Crippen LogP contribution is -2.59.